The Morgan fingerprint density at radius 3 is 2.70 bits per heavy atom. The first-order valence-electron chi connectivity index (χ1n) is 9.73. The van der Waals surface area contributed by atoms with E-state index in [0.29, 0.717) is 36.2 Å². The number of amides is 3. The lowest BCUT2D eigenvalue weighted by Crippen LogP contribution is -2.48. The van der Waals surface area contributed by atoms with Crippen molar-refractivity contribution in [3.63, 3.8) is 0 Å². The Kier molecular flexibility index (Phi) is 6.24. The predicted molar refractivity (Wildman–Crippen MR) is 113 cm³/mol. The smallest absolute Gasteiger partial charge is 0.325 e. The van der Waals surface area contributed by atoms with Gasteiger partial charge in [-0.2, -0.15) is 0 Å². The molecule has 4 rings (SSSR count). The Morgan fingerprint density at radius 2 is 1.93 bits per heavy atom. The molecule has 1 aromatic carbocycles. The monoisotopic (exact) mass is 449 g/mol. The molecule has 3 heterocycles. The maximum absolute atomic E-state index is 12.8. The molecule has 2 aliphatic rings. The van der Waals surface area contributed by atoms with Gasteiger partial charge in [-0.05, 0) is 31.0 Å². The Bertz CT molecular complexity index is 927. The van der Waals surface area contributed by atoms with Crippen LogP contribution in [-0.2, 0) is 4.79 Å². The lowest BCUT2D eigenvalue weighted by atomic mass is 10.1. The molecule has 0 radical (unpaired) electrons. The number of hydrogen-bond donors (Lipinski definition) is 0. The molecule has 30 heavy (non-hydrogen) atoms. The third kappa shape index (κ3) is 4.76. The minimum atomic E-state index is -0.193. The number of hydrogen-bond acceptors (Lipinski definition) is 5. The fourth-order valence-electron chi connectivity index (χ4n) is 3.65. The van der Waals surface area contributed by atoms with Crippen LogP contribution in [0.3, 0.4) is 0 Å². The summed E-state index contributed by atoms with van der Waals surface area (Å²) < 4.78 is 5.79. The molecule has 0 bridgehead atoms. The van der Waals surface area contributed by atoms with Crippen LogP contribution in [0.2, 0.25) is 10.0 Å². The minimum Gasteiger partial charge on any atom is -0.458 e. The first-order valence-corrected chi connectivity index (χ1v) is 10.5. The van der Waals surface area contributed by atoms with Crippen LogP contribution in [0.5, 0.6) is 6.01 Å². The average molecular weight is 450 g/mol. The molecule has 0 saturated carbocycles. The molecule has 158 valence electrons. The molecule has 0 N–H and O–H groups in total. The van der Waals surface area contributed by atoms with Crippen molar-refractivity contribution in [3.05, 3.63) is 46.7 Å². The Labute approximate surface area is 184 Å². The largest absolute Gasteiger partial charge is 0.458 e. The molecule has 1 unspecified atom stereocenters. The zero-order valence-corrected chi connectivity index (χ0v) is 17.7. The predicted octanol–water partition coefficient (Wildman–Crippen LogP) is 3.10. The van der Waals surface area contributed by atoms with Crippen LogP contribution >= 0.6 is 23.2 Å². The van der Waals surface area contributed by atoms with Crippen molar-refractivity contribution in [2.45, 2.75) is 18.9 Å². The summed E-state index contributed by atoms with van der Waals surface area (Å²) >= 11 is 11.8. The van der Waals surface area contributed by atoms with Gasteiger partial charge in [-0.1, -0.05) is 29.3 Å². The van der Waals surface area contributed by atoms with E-state index in [1.54, 1.807) is 32.9 Å². The quantitative estimate of drug-likeness (QED) is 0.700. The number of carbonyl (C=O) groups is 2. The molecule has 2 fully saturated rings. The van der Waals surface area contributed by atoms with E-state index in [2.05, 4.69) is 9.97 Å². The second-order valence-electron chi connectivity index (χ2n) is 7.24. The van der Waals surface area contributed by atoms with Crippen LogP contribution in [0.1, 0.15) is 12.8 Å². The molecule has 0 aliphatic carbocycles. The normalized spacial score (nSPS) is 19.3. The number of piperidine rings is 1. The highest BCUT2D eigenvalue weighted by atomic mass is 35.5. The molecule has 2 aliphatic heterocycles. The maximum Gasteiger partial charge on any atom is 0.325 e. The van der Waals surface area contributed by atoms with E-state index in [1.807, 2.05) is 6.07 Å². The van der Waals surface area contributed by atoms with Crippen LogP contribution in [-0.4, -0.2) is 70.5 Å². The molecule has 1 aromatic heterocycles. The van der Waals surface area contributed by atoms with Gasteiger partial charge < -0.3 is 14.5 Å². The first-order chi connectivity index (χ1) is 14.5. The summed E-state index contributed by atoms with van der Waals surface area (Å²) in [5.41, 5.74) is 0.733. The number of urea groups is 1. The molecule has 10 heteroatoms. The summed E-state index contributed by atoms with van der Waals surface area (Å²) in [5, 5.41) is 1.00. The van der Waals surface area contributed by atoms with Crippen molar-refractivity contribution in [2.24, 2.45) is 0 Å². The number of nitrogens with zero attached hydrogens (tertiary/aromatic N) is 5. The van der Waals surface area contributed by atoms with E-state index in [1.165, 1.54) is 12.4 Å². The first kappa shape index (κ1) is 20.7. The molecular formula is C20H21Cl2N5O3. The molecule has 0 spiro atoms. The molecule has 8 nitrogen and oxygen atoms in total. The highest BCUT2D eigenvalue weighted by molar-refractivity contribution is 6.31. The van der Waals surface area contributed by atoms with Gasteiger partial charge in [0.2, 0.25) is 5.91 Å². The van der Waals surface area contributed by atoms with Crippen molar-refractivity contribution in [1.29, 1.82) is 0 Å². The van der Waals surface area contributed by atoms with Crippen LogP contribution in [0, 0.1) is 0 Å². The molecule has 3 amide bonds. The number of benzene rings is 1. The standard InChI is InChI=1S/C20H21Cl2N5O3/c21-14-3-1-4-16(9-14)27-8-7-26(20(27)29)13-18(28)25-6-2-5-17(12-25)30-19-23-10-15(22)11-24-19/h1,3-4,9-11,17H,2,5-8,12-13H2. The van der Waals surface area contributed by atoms with Crippen molar-refractivity contribution in [3.8, 4) is 6.01 Å². The van der Waals surface area contributed by atoms with Gasteiger partial charge in [0, 0.05) is 30.3 Å². The van der Waals surface area contributed by atoms with E-state index in [4.69, 9.17) is 27.9 Å². The summed E-state index contributed by atoms with van der Waals surface area (Å²) in [6, 6.07) is 7.19. The van der Waals surface area contributed by atoms with Crippen molar-refractivity contribution in [1.82, 2.24) is 19.8 Å². The Morgan fingerprint density at radius 1 is 1.13 bits per heavy atom. The highest BCUT2D eigenvalue weighted by Crippen LogP contribution is 2.24. The summed E-state index contributed by atoms with van der Waals surface area (Å²) in [5.74, 6) is -0.0957. The molecule has 1 atom stereocenters. The number of ether oxygens (including phenoxy) is 1. The van der Waals surface area contributed by atoms with Gasteiger partial charge in [0.25, 0.3) is 0 Å². The van der Waals surface area contributed by atoms with Crippen LogP contribution in [0.4, 0.5) is 10.5 Å². The van der Waals surface area contributed by atoms with E-state index in [0.717, 1.165) is 18.5 Å². The number of aromatic nitrogens is 2. The maximum atomic E-state index is 12.8. The fourth-order valence-corrected chi connectivity index (χ4v) is 3.93. The topological polar surface area (TPSA) is 78.9 Å². The summed E-state index contributed by atoms with van der Waals surface area (Å²) in [6.07, 6.45) is 4.37. The fraction of sp³-hybridized carbons (Fsp3) is 0.400. The zero-order chi connectivity index (χ0) is 21.1. The summed E-state index contributed by atoms with van der Waals surface area (Å²) in [4.78, 5) is 38.6. The average Bonchev–Trinajstić information content (AvgIpc) is 3.10. The molecular weight excluding hydrogens is 429 g/mol. The number of anilines is 1. The summed E-state index contributed by atoms with van der Waals surface area (Å²) in [6.45, 7) is 2.13. The second-order valence-corrected chi connectivity index (χ2v) is 8.11. The van der Waals surface area contributed by atoms with Gasteiger partial charge in [-0.15, -0.1) is 0 Å². The number of halogens is 2. The van der Waals surface area contributed by atoms with Crippen LogP contribution in [0.15, 0.2) is 36.7 Å². The minimum absolute atomic E-state index is 0.0417. The lowest BCUT2D eigenvalue weighted by molar-refractivity contribution is -0.134. The van der Waals surface area contributed by atoms with E-state index < -0.39 is 0 Å². The van der Waals surface area contributed by atoms with Gasteiger partial charge in [0.15, 0.2) is 0 Å². The van der Waals surface area contributed by atoms with Crippen molar-refractivity contribution < 1.29 is 14.3 Å². The number of likely N-dealkylation sites (tertiary alicyclic amines) is 1. The van der Waals surface area contributed by atoms with Gasteiger partial charge >= 0.3 is 12.0 Å². The number of carbonyl (C=O) groups excluding carboxylic acids is 2. The van der Waals surface area contributed by atoms with Crippen molar-refractivity contribution in [2.75, 3.05) is 37.6 Å². The third-order valence-corrected chi connectivity index (χ3v) is 5.57. The van der Waals surface area contributed by atoms with Gasteiger partial charge in [-0.25, -0.2) is 14.8 Å². The number of rotatable bonds is 5. The van der Waals surface area contributed by atoms with Gasteiger partial charge in [0.1, 0.15) is 12.6 Å². The van der Waals surface area contributed by atoms with E-state index in [-0.39, 0.29) is 30.6 Å². The highest BCUT2D eigenvalue weighted by Gasteiger charge is 2.33. The van der Waals surface area contributed by atoms with Crippen LogP contribution < -0.4 is 9.64 Å². The van der Waals surface area contributed by atoms with Crippen molar-refractivity contribution >= 4 is 40.8 Å². The summed E-state index contributed by atoms with van der Waals surface area (Å²) in [7, 11) is 0. The van der Waals surface area contributed by atoms with E-state index in [9.17, 15) is 9.59 Å². The van der Waals surface area contributed by atoms with Gasteiger partial charge in [-0.3, -0.25) is 9.69 Å². The molecule has 2 saturated heterocycles. The van der Waals surface area contributed by atoms with E-state index >= 15 is 0 Å². The third-order valence-electron chi connectivity index (χ3n) is 5.14. The Balaban J connectivity index is 1.33. The Hall–Kier alpha value is -2.58. The second kappa shape index (κ2) is 9.06. The van der Waals surface area contributed by atoms with Gasteiger partial charge in [0.05, 0.1) is 24.0 Å². The lowest BCUT2D eigenvalue weighted by Gasteiger charge is -2.33. The SMILES string of the molecule is O=C(CN1CCN(c2cccc(Cl)c2)C1=O)N1CCCC(Oc2ncc(Cl)cn2)C1. The van der Waals surface area contributed by atoms with Crippen LogP contribution in [0.25, 0.3) is 0 Å². The molecule has 2 aromatic rings. The zero-order valence-electron chi connectivity index (χ0n) is 16.2.